The summed E-state index contributed by atoms with van der Waals surface area (Å²) in [5.74, 6) is -2.11. The van der Waals surface area contributed by atoms with Crippen LogP contribution in [-0.2, 0) is 0 Å². The fourth-order valence-electron chi connectivity index (χ4n) is 1.29. The van der Waals surface area contributed by atoms with E-state index in [1.54, 1.807) is 13.8 Å². The van der Waals surface area contributed by atoms with Crippen LogP contribution in [0.25, 0.3) is 0 Å². The van der Waals surface area contributed by atoms with Gasteiger partial charge in [0.05, 0.1) is 24.7 Å². The molecule has 8 heteroatoms. The van der Waals surface area contributed by atoms with Gasteiger partial charge in [-0.05, 0) is 44.5 Å². The largest absolute Gasteiger partial charge is 0.475 e. The molecule has 23 heavy (non-hydrogen) atoms. The van der Waals surface area contributed by atoms with Crippen LogP contribution in [0.3, 0.4) is 0 Å². The summed E-state index contributed by atoms with van der Waals surface area (Å²) < 4.78 is 8.99. The molecule has 2 heterocycles. The number of carboxylic acid groups (broad SMARTS) is 2. The molecule has 2 unspecified atom stereocenters. The lowest BCUT2D eigenvalue weighted by molar-refractivity contribution is 0.0652. The van der Waals surface area contributed by atoms with Crippen molar-refractivity contribution in [2.75, 3.05) is 0 Å². The first kappa shape index (κ1) is 20.4. The second kappa shape index (κ2) is 11.0. The maximum Gasteiger partial charge on any atom is 0.371 e. The summed E-state index contributed by atoms with van der Waals surface area (Å²) in [6.07, 6.45) is 2.37. The van der Waals surface area contributed by atoms with Gasteiger partial charge in [0.25, 0.3) is 0 Å². The molecule has 0 saturated heterocycles. The second-order valence-electron chi connectivity index (χ2n) is 4.50. The molecule has 2 aromatic heterocycles. The summed E-state index contributed by atoms with van der Waals surface area (Å²) in [4.78, 5) is 19.9. The monoisotopic (exact) mass is 328 g/mol. The summed E-state index contributed by atoms with van der Waals surface area (Å²) in [5, 5.41) is 33.5. The summed E-state index contributed by atoms with van der Waals surface area (Å²) in [6.45, 7) is 3.32. The number of hydrogen-bond donors (Lipinski definition) is 4. The van der Waals surface area contributed by atoms with Crippen LogP contribution in [0.4, 0.5) is 0 Å². The maximum absolute atomic E-state index is 9.97. The topological polar surface area (TPSA) is 141 Å². The molecule has 0 aliphatic carbocycles. The fraction of sp³-hybridized carbons (Fsp3) is 0.333. The van der Waals surface area contributed by atoms with Gasteiger partial charge in [-0.2, -0.15) is 0 Å². The minimum absolute atomic E-state index is 0.0231. The van der Waals surface area contributed by atoms with Gasteiger partial charge < -0.3 is 29.3 Å². The van der Waals surface area contributed by atoms with Crippen molar-refractivity contribution in [2.45, 2.75) is 32.5 Å². The predicted octanol–water partition coefficient (Wildman–Crippen LogP) is 2.09. The molecular formula is C15H20O8. The molecule has 0 radical (unpaired) electrons. The number of carbonyl (C=O) groups is 2. The van der Waals surface area contributed by atoms with E-state index in [1.165, 1.54) is 36.8 Å². The van der Waals surface area contributed by atoms with Crippen LogP contribution in [0.2, 0.25) is 0 Å². The molecule has 2 rings (SSSR count). The Morgan fingerprint density at radius 2 is 1.26 bits per heavy atom. The molecule has 128 valence electrons. The number of aromatic carboxylic acids is 2. The Hall–Kier alpha value is -2.58. The van der Waals surface area contributed by atoms with E-state index in [0.717, 1.165) is 0 Å². The van der Waals surface area contributed by atoms with Crippen molar-refractivity contribution in [2.24, 2.45) is 0 Å². The summed E-state index contributed by atoms with van der Waals surface area (Å²) in [6, 6.07) is 5.84. The van der Waals surface area contributed by atoms with E-state index in [-0.39, 0.29) is 23.7 Å². The normalized spacial score (nSPS) is 12.0. The quantitative estimate of drug-likeness (QED) is 0.668. The highest BCUT2D eigenvalue weighted by Gasteiger charge is 2.02. The second-order valence-corrected chi connectivity index (χ2v) is 4.50. The Morgan fingerprint density at radius 1 is 0.913 bits per heavy atom. The van der Waals surface area contributed by atoms with Crippen molar-refractivity contribution in [1.82, 2.24) is 0 Å². The van der Waals surface area contributed by atoms with Crippen molar-refractivity contribution in [3.8, 4) is 0 Å². The van der Waals surface area contributed by atoms with E-state index in [2.05, 4.69) is 8.83 Å². The van der Waals surface area contributed by atoms with Crippen LogP contribution >= 0.6 is 0 Å². The van der Waals surface area contributed by atoms with Gasteiger partial charge in [0.1, 0.15) is 0 Å². The predicted molar refractivity (Wildman–Crippen MR) is 79.3 cm³/mol. The first-order chi connectivity index (χ1) is 10.7. The third kappa shape index (κ3) is 10.7. The van der Waals surface area contributed by atoms with Crippen LogP contribution in [0, 0.1) is 0 Å². The minimum atomic E-state index is -1.03. The van der Waals surface area contributed by atoms with Gasteiger partial charge in [0.2, 0.25) is 11.5 Å². The van der Waals surface area contributed by atoms with Gasteiger partial charge in [-0.25, -0.2) is 9.59 Å². The number of rotatable bonds is 4. The van der Waals surface area contributed by atoms with Crippen molar-refractivity contribution < 1.29 is 38.8 Å². The summed E-state index contributed by atoms with van der Waals surface area (Å²) >= 11 is 0. The van der Waals surface area contributed by atoms with E-state index in [1.807, 2.05) is 0 Å². The third-order valence-corrected chi connectivity index (χ3v) is 2.15. The molecule has 0 amide bonds. The number of aliphatic hydroxyl groups excluding tert-OH is 2. The van der Waals surface area contributed by atoms with Gasteiger partial charge >= 0.3 is 11.9 Å². The zero-order valence-electron chi connectivity index (χ0n) is 12.7. The highest BCUT2D eigenvalue weighted by Crippen LogP contribution is 1.98. The van der Waals surface area contributed by atoms with Gasteiger partial charge in [0, 0.05) is 0 Å². The van der Waals surface area contributed by atoms with Crippen molar-refractivity contribution in [1.29, 1.82) is 0 Å². The highest BCUT2D eigenvalue weighted by molar-refractivity contribution is 5.84. The van der Waals surface area contributed by atoms with Crippen molar-refractivity contribution in [3.63, 3.8) is 0 Å². The van der Waals surface area contributed by atoms with Crippen molar-refractivity contribution >= 4 is 11.9 Å². The molecule has 0 fully saturated rings. The van der Waals surface area contributed by atoms with Gasteiger partial charge in [-0.3, -0.25) is 0 Å². The van der Waals surface area contributed by atoms with E-state index in [0.29, 0.717) is 6.42 Å². The molecule has 4 N–H and O–H groups in total. The lowest BCUT2D eigenvalue weighted by Crippen LogP contribution is -2.10. The molecule has 2 atom stereocenters. The Balaban J connectivity index is 0.000000317. The zero-order valence-corrected chi connectivity index (χ0v) is 12.7. The first-order valence-electron chi connectivity index (χ1n) is 6.63. The SMILES string of the molecule is CC(O)CC(C)O.O=C(O)c1ccco1.O=C(O)c1ccco1. The Morgan fingerprint density at radius 3 is 1.35 bits per heavy atom. The minimum Gasteiger partial charge on any atom is -0.475 e. The van der Waals surface area contributed by atoms with Gasteiger partial charge in [0.15, 0.2) is 0 Å². The maximum atomic E-state index is 9.97. The average molecular weight is 328 g/mol. The van der Waals surface area contributed by atoms with E-state index >= 15 is 0 Å². The molecule has 0 spiro atoms. The van der Waals surface area contributed by atoms with Crippen LogP contribution in [0.5, 0.6) is 0 Å². The number of aliphatic hydroxyl groups is 2. The molecule has 0 bridgehead atoms. The Kier molecular flexibility index (Phi) is 9.81. The Bertz CT molecular complexity index is 490. The van der Waals surface area contributed by atoms with E-state index < -0.39 is 11.9 Å². The standard InChI is InChI=1S/2C5H4O3.C5H12O2/c2*6-5(7)4-2-1-3-8-4;1-4(6)3-5(2)7/h2*1-3H,(H,6,7);4-7H,3H2,1-2H3. The first-order valence-corrected chi connectivity index (χ1v) is 6.63. The smallest absolute Gasteiger partial charge is 0.371 e. The zero-order chi connectivity index (χ0) is 17.8. The average Bonchev–Trinajstić information content (AvgIpc) is 3.13. The number of carboxylic acids is 2. The molecule has 8 nitrogen and oxygen atoms in total. The van der Waals surface area contributed by atoms with Gasteiger partial charge in [-0.1, -0.05) is 0 Å². The molecule has 0 aromatic carbocycles. The molecular weight excluding hydrogens is 308 g/mol. The van der Waals surface area contributed by atoms with Crippen LogP contribution in [0.15, 0.2) is 45.6 Å². The molecule has 0 aliphatic rings. The lowest BCUT2D eigenvalue weighted by atomic mass is 10.2. The van der Waals surface area contributed by atoms with Gasteiger partial charge in [-0.15, -0.1) is 0 Å². The number of hydrogen-bond acceptors (Lipinski definition) is 6. The van der Waals surface area contributed by atoms with Crippen molar-refractivity contribution in [3.05, 3.63) is 48.3 Å². The summed E-state index contributed by atoms with van der Waals surface area (Å²) in [5.41, 5.74) is 0. The van der Waals surface area contributed by atoms with Crippen LogP contribution < -0.4 is 0 Å². The molecule has 0 saturated carbocycles. The summed E-state index contributed by atoms with van der Waals surface area (Å²) in [7, 11) is 0. The molecule has 2 aromatic rings. The molecule has 0 aliphatic heterocycles. The Labute approximate surface area is 132 Å². The highest BCUT2D eigenvalue weighted by atomic mass is 16.4. The fourth-order valence-corrected chi connectivity index (χ4v) is 1.29. The lowest BCUT2D eigenvalue weighted by Gasteiger charge is -2.04. The van der Waals surface area contributed by atoms with Crippen LogP contribution in [0.1, 0.15) is 41.4 Å². The number of furan rings is 2. The van der Waals surface area contributed by atoms with E-state index in [9.17, 15) is 9.59 Å². The van der Waals surface area contributed by atoms with Crippen LogP contribution in [-0.4, -0.2) is 44.6 Å². The van der Waals surface area contributed by atoms with E-state index in [4.69, 9.17) is 20.4 Å². The third-order valence-electron chi connectivity index (χ3n) is 2.15.